The molecule has 0 bridgehead atoms. The van der Waals surface area contributed by atoms with Crippen molar-refractivity contribution in [3.05, 3.63) is 68.3 Å². The van der Waals surface area contributed by atoms with Gasteiger partial charge >= 0.3 is 24.0 Å². The van der Waals surface area contributed by atoms with Gasteiger partial charge in [-0.1, -0.05) is 40.9 Å². The first-order valence-corrected chi connectivity index (χ1v) is 9.98. The summed E-state index contributed by atoms with van der Waals surface area (Å²) in [6, 6.07) is 4.66. The topological polar surface area (TPSA) is 53.6 Å². The Kier molecular flexibility index (Phi) is 6.93. The van der Waals surface area contributed by atoms with Crippen molar-refractivity contribution in [2.75, 3.05) is 12.1 Å². The van der Waals surface area contributed by atoms with Gasteiger partial charge in [-0.3, -0.25) is 5.01 Å². The molecule has 2 aromatic carbocycles. The molecule has 0 spiro atoms. The Morgan fingerprint density at radius 3 is 1.97 bits per heavy atom. The summed E-state index contributed by atoms with van der Waals surface area (Å²) in [5.74, 6) is -0.721. The van der Waals surface area contributed by atoms with Crippen LogP contribution >= 0.6 is 34.8 Å². The molecule has 0 fully saturated rings. The first-order valence-electron chi connectivity index (χ1n) is 8.84. The maximum Gasteiger partial charge on any atom is 0.435 e. The number of esters is 1. The van der Waals surface area contributed by atoms with Gasteiger partial charge in [-0.2, -0.15) is 26.3 Å². The number of ether oxygens (including phenoxy) is 1. The predicted molar refractivity (Wildman–Crippen MR) is 111 cm³/mol. The first kappa shape index (κ1) is 26.2. The predicted octanol–water partition coefficient (Wildman–Crippen LogP) is 6.55. The monoisotopic (exact) mass is 551 g/mol. The normalized spacial score (nSPS) is 14.7. The number of rotatable bonds is 4. The van der Waals surface area contributed by atoms with Crippen LogP contribution in [-0.4, -0.2) is 25.4 Å². The van der Waals surface area contributed by atoms with Gasteiger partial charge in [-0.15, -0.1) is 5.53 Å². The van der Waals surface area contributed by atoms with E-state index in [1.54, 1.807) is 0 Å². The molecule has 0 radical (unpaired) electrons. The van der Waals surface area contributed by atoms with Crippen LogP contribution in [0.1, 0.15) is 21.5 Å². The van der Waals surface area contributed by atoms with Crippen molar-refractivity contribution in [1.82, 2.24) is 11.0 Å². The molecule has 1 aliphatic heterocycles. The highest BCUT2D eigenvalue weighted by molar-refractivity contribution is 6.39. The largest absolute Gasteiger partial charge is 0.465 e. The van der Waals surface area contributed by atoms with Crippen LogP contribution in [0.2, 0.25) is 15.1 Å². The Hall–Kier alpha value is -2.41. The smallest absolute Gasteiger partial charge is 0.435 e. The zero-order valence-corrected chi connectivity index (χ0v) is 18.8. The minimum atomic E-state index is -6.33. The highest BCUT2D eigenvalue weighted by Gasteiger charge is 2.73. The number of hydrazine groups is 2. The van der Waals surface area contributed by atoms with Crippen LogP contribution in [0.5, 0.6) is 0 Å². The van der Waals surface area contributed by atoms with Gasteiger partial charge in [-0.25, -0.2) is 9.18 Å². The molecular formula is C19H11Cl3F7N3O2. The fourth-order valence-electron chi connectivity index (χ4n) is 3.02. The van der Waals surface area contributed by atoms with Crippen molar-refractivity contribution in [3.63, 3.8) is 0 Å². The molecule has 0 unspecified atom stereocenters. The lowest BCUT2D eigenvalue weighted by Crippen LogP contribution is -2.50. The molecule has 2 aromatic rings. The Balaban J connectivity index is 2.03. The zero-order chi connectivity index (χ0) is 25.6. The van der Waals surface area contributed by atoms with E-state index in [1.807, 2.05) is 0 Å². The molecule has 184 valence electrons. The number of benzene rings is 2. The standard InChI is InChI=1S/C19H11Cl3F7N3O2/c1-34-16(33)10-4-8(2-3-11(10)20)14-7-32(31-30-14)15-12(21)5-9(6-13(15)22)17(23,18(24,25)26)19(27,28)29/h2-7,30-31H,1H3. The van der Waals surface area contributed by atoms with E-state index >= 15 is 0 Å². The van der Waals surface area contributed by atoms with Crippen LogP contribution in [0, 0.1) is 0 Å². The van der Waals surface area contributed by atoms with E-state index in [1.165, 1.54) is 24.4 Å². The van der Waals surface area contributed by atoms with Gasteiger partial charge in [0, 0.05) is 17.3 Å². The van der Waals surface area contributed by atoms with Gasteiger partial charge in [0.05, 0.1) is 39.1 Å². The van der Waals surface area contributed by atoms with Crippen LogP contribution < -0.4 is 16.0 Å². The van der Waals surface area contributed by atoms with E-state index < -0.39 is 39.6 Å². The molecular weight excluding hydrogens is 542 g/mol. The van der Waals surface area contributed by atoms with Crippen molar-refractivity contribution in [1.29, 1.82) is 0 Å². The summed E-state index contributed by atoms with van der Waals surface area (Å²) in [6.45, 7) is 0. The second-order valence-electron chi connectivity index (χ2n) is 6.78. The SMILES string of the molecule is COC(=O)c1cc(C2=CN(c3c(Cl)cc(C(F)(C(F)(F)F)C(F)(F)F)cc3Cl)NN2)ccc1Cl. The van der Waals surface area contributed by atoms with E-state index in [0.717, 1.165) is 12.1 Å². The van der Waals surface area contributed by atoms with E-state index in [9.17, 15) is 35.5 Å². The molecule has 1 heterocycles. The van der Waals surface area contributed by atoms with Crippen molar-refractivity contribution >= 4 is 52.2 Å². The third kappa shape index (κ3) is 4.47. The molecule has 5 nitrogen and oxygen atoms in total. The number of nitrogens with zero attached hydrogens (tertiary/aromatic N) is 1. The van der Waals surface area contributed by atoms with Crippen molar-refractivity contribution in [3.8, 4) is 0 Å². The number of hydrogen-bond donors (Lipinski definition) is 2. The van der Waals surface area contributed by atoms with E-state index in [4.69, 9.17) is 34.8 Å². The lowest BCUT2D eigenvalue weighted by atomic mass is 9.94. The zero-order valence-electron chi connectivity index (χ0n) is 16.5. The Bertz CT molecular complexity index is 1130. The summed E-state index contributed by atoms with van der Waals surface area (Å²) in [7, 11) is 1.15. The van der Waals surface area contributed by atoms with Crippen LogP contribution in [0.15, 0.2) is 36.5 Å². The number of anilines is 1. The lowest BCUT2D eigenvalue weighted by molar-refractivity contribution is -0.348. The number of carbonyl (C=O) groups is 1. The minimum Gasteiger partial charge on any atom is -0.465 e. The molecule has 34 heavy (non-hydrogen) atoms. The molecule has 0 aromatic heterocycles. The number of halogens is 10. The van der Waals surface area contributed by atoms with Gasteiger partial charge < -0.3 is 10.2 Å². The Morgan fingerprint density at radius 2 is 1.47 bits per heavy atom. The quantitative estimate of drug-likeness (QED) is 0.333. The third-order valence-corrected chi connectivity index (χ3v) is 5.59. The first-order chi connectivity index (χ1) is 15.6. The van der Waals surface area contributed by atoms with Crippen LogP contribution in [-0.2, 0) is 10.4 Å². The average molecular weight is 553 g/mol. The minimum absolute atomic E-state index is 0.0295. The van der Waals surface area contributed by atoms with Crippen LogP contribution in [0.25, 0.3) is 5.70 Å². The highest BCUT2D eigenvalue weighted by Crippen LogP contribution is 2.54. The molecule has 1 aliphatic rings. The summed E-state index contributed by atoms with van der Waals surface area (Å²) in [5.41, 5.74) is -1.91. The number of methoxy groups -OCH3 is 1. The molecule has 15 heteroatoms. The summed E-state index contributed by atoms with van der Waals surface area (Å²) in [6.07, 6.45) is -11.4. The van der Waals surface area contributed by atoms with Gasteiger partial charge in [0.1, 0.15) is 0 Å². The van der Waals surface area contributed by atoms with Crippen molar-refractivity contribution in [2.45, 2.75) is 18.0 Å². The summed E-state index contributed by atoms with van der Waals surface area (Å²) < 4.78 is 97.4. The van der Waals surface area contributed by atoms with E-state index in [-0.39, 0.29) is 34.1 Å². The summed E-state index contributed by atoms with van der Waals surface area (Å²) in [5, 5.41) is -0.283. The number of carbonyl (C=O) groups excluding carboxylic acids is 1. The fourth-order valence-corrected chi connectivity index (χ4v) is 3.89. The fraction of sp³-hybridized carbons (Fsp3) is 0.211. The summed E-state index contributed by atoms with van der Waals surface area (Å²) >= 11 is 17.8. The van der Waals surface area contributed by atoms with Gasteiger partial charge in [0.2, 0.25) is 0 Å². The Labute approximate surface area is 201 Å². The molecule has 3 rings (SSSR count). The summed E-state index contributed by atoms with van der Waals surface area (Å²) in [4.78, 5) is 11.8. The average Bonchev–Trinajstić information content (AvgIpc) is 3.20. The molecule has 2 N–H and O–H groups in total. The van der Waals surface area contributed by atoms with Crippen LogP contribution in [0.4, 0.5) is 36.4 Å². The Morgan fingerprint density at radius 1 is 0.912 bits per heavy atom. The number of nitrogens with one attached hydrogen (secondary N) is 2. The molecule has 0 aliphatic carbocycles. The van der Waals surface area contributed by atoms with Gasteiger partial charge in [0.15, 0.2) is 0 Å². The maximum atomic E-state index is 14.4. The molecule has 0 amide bonds. The lowest BCUT2D eigenvalue weighted by Gasteiger charge is -2.31. The molecule has 0 atom stereocenters. The van der Waals surface area contributed by atoms with Gasteiger partial charge in [0.25, 0.3) is 0 Å². The van der Waals surface area contributed by atoms with Crippen molar-refractivity contribution in [2.24, 2.45) is 0 Å². The maximum absolute atomic E-state index is 14.4. The van der Waals surface area contributed by atoms with E-state index in [0.29, 0.717) is 5.56 Å². The molecule has 0 saturated carbocycles. The van der Waals surface area contributed by atoms with E-state index in [2.05, 4.69) is 15.7 Å². The third-order valence-electron chi connectivity index (χ3n) is 4.69. The number of hydrogen-bond acceptors (Lipinski definition) is 5. The second-order valence-corrected chi connectivity index (χ2v) is 8.00. The second kappa shape index (κ2) is 8.99. The number of alkyl halides is 7. The van der Waals surface area contributed by atoms with Gasteiger partial charge in [-0.05, 0) is 24.3 Å². The van der Waals surface area contributed by atoms with Crippen molar-refractivity contribution < 1.29 is 40.3 Å². The van der Waals surface area contributed by atoms with Crippen LogP contribution in [0.3, 0.4) is 0 Å². The molecule has 0 saturated heterocycles. The highest BCUT2D eigenvalue weighted by atomic mass is 35.5.